The molecule has 0 bridgehead atoms. The highest BCUT2D eigenvalue weighted by Crippen LogP contribution is 1.77. The maximum Gasteiger partial charge on any atom is 0.259 e. The Morgan fingerprint density at radius 1 is 1.89 bits per heavy atom. The number of carbonyl (C=O) groups is 1. The van der Waals surface area contributed by atoms with Crippen LogP contribution in [0.15, 0.2) is 12.7 Å². The van der Waals surface area contributed by atoms with Gasteiger partial charge in [0.1, 0.15) is 0 Å². The molecular formula is C6H12N2O. The van der Waals surface area contributed by atoms with Crippen molar-refractivity contribution in [3.63, 3.8) is 0 Å². The van der Waals surface area contributed by atoms with Crippen LogP contribution in [-0.2, 0) is 4.79 Å². The van der Waals surface area contributed by atoms with E-state index in [0.29, 0.717) is 0 Å². The average Bonchev–Trinajstić information content (AvgIpc) is 1.87. The molecule has 9 heavy (non-hydrogen) atoms. The summed E-state index contributed by atoms with van der Waals surface area (Å²) in [5.74, 6) is -0.114. The van der Waals surface area contributed by atoms with Gasteiger partial charge >= 0.3 is 0 Å². The number of hydrogen-bond acceptors (Lipinski definition) is 2. The van der Waals surface area contributed by atoms with E-state index < -0.39 is 0 Å². The smallest absolute Gasteiger partial charge is 0.259 e. The fourth-order valence-corrected chi connectivity index (χ4v) is 0.452. The van der Waals surface area contributed by atoms with Crippen molar-refractivity contribution in [2.24, 2.45) is 0 Å². The molecule has 0 atom stereocenters. The monoisotopic (exact) mass is 128 g/mol. The van der Waals surface area contributed by atoms with Gasteiger partial charge in [0.05, 0.1) is 0 Å². The van der Waals surface area contributed by atoms with Crippen molar-refractivity contribution in [3.05, 3.63) is 12.7 Å². The van der Waals surface area contributed by atoms with Gasteiger partial charge in [0.25, 0.3) is 5.91 Å². The van der Waals surface area contributed by atoms with Gasteiger partial charge in [-0.3, -0.25) is 9.80 Å². The first kappa shape index (κ1) is 8.17. The van der Waals surface area contributed by atoms with E-state index in [-0.39, 0.29) is 5.91 Å². The van der Waals surface area contributed by atoms with Gasteiger partial charge < -0.3 is 0 Å². The van der Waals surface area contributed by atoms with Crippen molar-refractivity contribution >= 4 is 5.91 Å². The molecule has 1 amide bonds. The molecule has 0 aromatic rings. The number of nitrogens with zero attached hydrogens (tertiary/aromatic N) is 1. The van der Waals surface area contributed by atoms with E-state index in [1.807, 2.05) is 6.92 Å². The zero-order valence-electron chi connectivity index (χ0n) is 5.85. The lowest BCUT2D eigenvalue weighted by molar-refractivity contribution is -0.127. The Kier molecular flexibility index (Phi) is 3.71. The van der Waals surface area contributed by atoms with E-state index in [9.17, 15) is 4.79 Å². The minimum Gasteiger partial charge on any atom is -0.278 e. The Balaban J connectivity index is 3.58. The highest BCUT2D eigenvalue weighted by atomic mass is 16.2. The lowest BCUT2D eigenvalue weighted by Gasteiger charge is -2.13. The van der Waals surface area contributed by atoms with Crippen molar-refractivity contribution in [1.82, 2.24) is 10.4 Å². The van der Waals surface area contributed by atoms with E-state index in [2.05, 4.69) is 12.0 Å². The molecule has 52 valence electrons. The number of nitrogens with one attached hydrogen (secondary N) is 1. The minimum atomic E-state index is -0.114. The van der Waals surface area contributed by atoms with Crippen LogP contribution in [0, 0.1) is 0 Å². The van der Waals surface area contributed by atoms with E-state index in [1.165, 1.54) is 11.1 Å². The lowest BCUT2D eigenvalue weighted by Crippen LogP contribution is -2.38. The minimum absolute atomic E-state index is 0.114. The van der Waals surface area contributed by atoms with Crippen LogP contribution >= 0.6 is 0 Å². The lowest BCUT2D eigenvalue weighted by atomic mass is 10.6. The Hall–Kier alpha value is -0.830. The Labute approximate surface area is 55.3 Å². The number of hydrazine groups is 1. The predicted octanol–water partition coefficient (Wildman–Crippen LogP) is 0.155. The first-order valence-electron chi connectivity index (χ1n) is 2.86. The molecular weight excluding hydrogens is 116 g/mol. The topological polar surface area (TPSA) is 32.3 Å². The standard InChI is InChI=1S/C6H12N2O/c1-4-6(9)8(3)7-5-2/h4,7H,1,5H2,2-3H3. The molecule has 0 rings (SSSR count). The highest BCUT2D eigenvalue weighted by molar-refractivity contribution is 5.86. The van der Waals surface area contributed by atoms with Crippen LogP contribution in [0.25, 0.3) is 0 Å². The van der Waals surface area contributed by atoms with Crippen LogP contribution in [0.5, 0.6) is 0 Å². The quantitative estimate of drug-likeness (QED) is 0.433. The number of hydrogen-bond donors (Lipinski definition) is 1. The Bertz CT molecular complexity index is 112. The molecule has 3 nitrogen and oxygen atoms in total. The molecule has 0 fully saturated rings. The van der Waals surface area contributed by atoms with Gasteiger partial charge in [-0.2, -0.15) is 0 Å². The third-order valence-electron chi connectivity index (χ3n) is 0.900. The van der Waals surface area contributed by atoms with Gasteiger partial charge in [-0.1, -0.05) is 13.5 Å². The van der Waals surface area contributed by atoms with Crippen LogP contribution in [0.4, 0.5) is 0 Å². The molecule has 0 unspecified atom stereocenters. The summed E-state index contributed by atoms with van der Waals surface area (Å²) >= 11 is 0. The largest absolute Gasteiger partial charge is 0.278 e. The molecule has 3 heteroatoms. The summed E-state index contributed by atoms with van der Waals surface area (Å²) in [5, 5.41) is 1.40. The molecule has 1 N–H and O–H groups in total. The molecule has 0 aliphatic heterocycles. The first-order chi connectivity index (χ1) is 4.22. The molecule has 0 heterocycles. The van der Waals surface area contributed by atoms with Crippen LogP contribution in [-0.4, -0.2) is 24.5 Å². The zero-order valence-corrected chi connectivity index (χ0v) is 5.85. The number of carbonyl (C=O) groups excluding carboxylic acids is 1. The fourth-order valence-electron chi connectivity index (χ4n) is 0.452. The van der Waals surface area contributed by atoms with Crippen LogP contribution in [0.2, 0.25) is 0 Å². The van der Waals surface area contributed by atoms with Crippen LogP contribution < -0.4 is 5.43 Å². The van der Waals surface area contributed by atoms with Gasteiger partial charge in [-0.25, -0.2) is 5.43 Å². The van der Waals surface area contributed by atoms with Gasteiger partial charge in [0, 0.05) is 13.6 Å². The van der Waals surface area contributed by atoms with Crippen molar-refractivity contribution < 1.29 is 4.79 Å². The second-order valence-electron chi connectivity index (χ2n) is 1.61. The molecule has 0 aromatic heterocycles. The van der Waals surface area contributed by atoms with Gasteiger partial charge in [-0.15, -0.1) is 0 Å². The van der Waals surface area contributed by atoms with Gasteiger partial charge in [-0.05, 0) is 6.08 Å². The SMILES string of the molecule is C=CC(=O)N(C)NCC. The number of amides is 1. The molecule has 0 spiro atoms. The summed E-state index contributed by atoms with van der Waals surface area (Å²) in [5.41, 5.74) is 2.81. The van der Waals surface area contributed by atoms with Crippen molar-refractivity contribution in [3.8, 4) is 0 Å². The Morgan fingerprint density at radius 2 is 2.44 bits per heavy atom. The van der Waals surface area contributed by atoms with E-state index in [1.54, 1.807) is 7.05 Å². The first-order valence-corrected chi connectivity index (χ1v) is 2.86. The summed E-state index contributed by atoms with van der Waals surface area (Å²) in [6.45, 7) is 6.00. The second-order valence-corrected chi connectivity index (χ2v) is 1.61. The average molecular weight is 128 g/mol. The van der Waals surface area contributed by atoms with Crippen LogP contribution in [0.1, 0.15) is 6.92 Å². The zero-order chi connectivity index (χ0) is 7.28. The number of rotatable bonds is 3. The molecule has 0 aliphatic carbocycles. The number of likely N-dealkylation sites (N-methyl/N-ethyl adjacent to an activating group) is 1. The van der Waals surface area contributed by atoms with Crippen molar-refractivity contribution in [1.29, 1.82) is 0 Å². The van der Waals surface area contributed by atoms with Gasteiger partial charge in [0.15, 0.2) is 0 Å². The molecule has 0 saturated heterocycles. The predicted molar refractivity (Wildman–Crippen MR) is 36.6 cm³/mol. The van der Waals surface area contributed by atoms with E-state index in [4.69, 9.17) is 0 Å². The summed E-state index contributed by atoms with van der Waals surface area (Å²) in [6.07, 6.45) is 1.27. The third-order valence-corrected chi connectivity index (χ3v) is 0.900. The van der Waals surface area contributed by atoms with E-state index in [0.717, 1.165) is 6.54 Å². The summed E-state index contributed by atoms with van der Waals surface area (Å²) < 4.78 is 0. The van der Waals surface area contributed by atoms with E-state index >= 15 is 0 Å². The Morgan fingerprint density at radius 3 is 2.78 bits per heavy atom. The van der Waals surface area contributed by atoms with Crippen molar-refractivity contribution in [2.75, 3.05) is 13.6 Å². The molecule has 0 saturated carbocycles. The summed E-state index contributed by atoms with van der Waals surface area (Å²) in [6, 6.07) is 0. The molecule has 0 aromatic carbocycles. The molecule has 0 radical (unpaired) electrons. The summed E-state index contributed by atoms with van der Waals surface area (Å²) in [4.78, 5) is 10.6. The second kappa shape index (κ2) is 4.09. The van der Waals surface area contributed by atoms with Gasteiger partial charge in [0.2, 0.25) is 0 Å². The third kappa shape index (κ3) is 2.87. The molecule has 0 aliphatic rings. The van der Waals surface area contributed by atoms with Crippen molar-refractivity contribution in [2.45, 2.75) is 6.92 Å². The fraction of sp³-hybridized carbons (Fsp3) is 0.500. The highest BCUT2D eigenvalue weighted by Gasteiger charge is 1.98. The summed E-state index contributed by atoms with van der Waals surface area (Å²) in [7, 11) is 1.66. The van der Waals surface area contributed by atoms with Crippen LogP contribution in [0.3, 0.4) is 0 Å². The maximum atomic E-state index is 10.6. The maximum absolute atomic E-state index is 10.6. The normalized spacial score (nSPS) is 8.67.